The maximum Gasteiger partial charge on any atom is 0.261 e. The number of hydrogen-bond acceptors (Lipinski definition) is 6. The highest BCUT2D eigenvalue weighted by atomic mass is 16.5. The molecule has 0 unspecified atom stereocenters. The van der Waals surface area contributed by atoms with Crippen molar-refractivity contribution in [2.45, 2.75) is 19.5 Å². The number of hydrogen-bond donors (Lipinski definition) is 1. The van der Waals surface area contributed by atoms with E-state index in [4.69, 9.17) is 9.47 Å². The summed E-state index contributed by atoms with van der Waals surface area (Å²) in [6.07, 6.45) is 1.70. The SMILES string of the molecule is O=C(CCn1cnc2ccccc2c1=O)NCc1cccc(OCCN2CCOCC2)c1. The van der Waals surface area contributed by atoms with Crippen molar-refractivity contribution in [1.82, 2.24) is 19.8 Å². The highest BCUT2D eigenvalue weighted by Gasteiger charge is 2.10. The number of carbonyl (C=O) groups excluding carboxylic acids is 1. The van der Waals surface area contributed by atoms with Crippen LogP contribution >= 0.6 is 0 Å². The van der Waals surface area contributed by atoms with Gasteiger partial charge in [0.25, 0.3) is 5.56 Å². The molecular formula is C24H28N4O4. The highest BCUT2D eigenvalue weighted by Crippen LogP contribution is 2.13. The second-order valence-electron chi connectivity index (χ2n) is 7.74. The van der Waals surface area contributed by atoms with E-state index in [-0.39, 0.29) is 24.4 Å². The first-order valence-electron chi connectivity index (χ1n) is 10.9. The van der Waals surface area contributed by atoms with Gasteiger partial charge in [-0.25, -0.2) is 4.98 Å². The molecule has 1 saturated heterocycles. The van der Waals surface area contributed by atoms with E-state index in [1.807, 2.05) is 36.4 Å². The molecule has 0 aliphatic carbocycles. The number of nitrogens with zero attached hydrogens (tertiary/aromatic N) is 3. The van der Waals surface area contributed by atoms with Crippen molar-refractivity contribution in [3.8, 4) is 5.75 Å². The van der Waals surface area contributed by atoms with Crippen molar-refractivity contribution in [2.24, 2.45) is 0 Å². The fraction of sp³-hybridized carbons (Fsp3) is 0.375. The molecule has 8 nitrogen and oxygen atoms in total. The molecule has 0 bridgehead atoms. The summed E-state index contributed by atoms with van der Waals surface area (Å²) in [6.45, 7) is 5.62. The zero-order valence-corrected chi connectivity index (χ0v) is 18.0. The van der Waals surface area contributed by atoms with E-state index in [1.54, 1.807) is 12.1 Å². The normalized spacial score (nSPS) is 14.4. The first-order chi connectivity index (χ1) is 15.7. The van der Waals surface area contributed by atoms with Crippen LogP contribution in [0, 0.1) is 0 Å². The van der Waals surface area contributed by atoms with E-state index >= 15 is 0 Å². The summed E-state index contributed by atoms with van der Waals surface area (Å²) in [5.41, 5.74) is 1.49. The third kappa shape index (κ3) is 5.93. The van der Waals surface area contributed by atoms with Gasteiger partial charge in [0.05, 0.1) is 30.4 Å². The zero-order valence-electron chi connectivity index (χ0n) is 18.0. The van der Waals surface area contributed by atoms with Gasteiger partial charge in [-0.15, -0.1) is 0 Å². The summed E-state index contributed by atoms with van der Waals surface area (Å²) in [5, 5.41) is 3.46. The van der Waals surface area contributed by atoms with Crippen LogP contribution in [0.2, 0.25) is 0 Å². The number of aryl methyl sites for hydroxylation is 1. The molecule has 1 amide bonds. The summed E-state index contributed by atoms with van der Waals surface area (Å²) in [6, 6.07) is 14.9. The van der Waals surface area contributed by atoms with Gasteiger partial charge in [0.1, 0.15) is 12.4 Å². The molecule has 1 N–H and O–H groups in total. The lowest BCUT2D eigenvalue weighted by molar-refractivity contribution is -0.121. The summed E-state index contributed by atoms with van der Waals surface area (Å²) >= 11 is 0. The maximum absolute atomic E-state index is 12.5. The van der Waals surface area contributed by atoms with Crippen LogP contribution in [0.5, 0.6) is 5.75 Å². The molecule has 1 fully saturated rings. The summed E-state index contributed by atoms with van der Waals surface area (Å²) in [4.78, 5) is 31.4. The number of para-hydroxylation sites is 1. The Labute approximate surface area is 186 Å². The first kappa shape index (κ1) is 22.0. The quantitative estimate of drug-likeness (QED) is 0.551. The number of rotatable bonds is 9. The van der Waals surface area contributed by atoms with Gasteiger partial charge in [-0.05, 0) is 29.8 Å². The minimum atomic E-state index is -0.134. The average Bonchev–Trinajstić information content (AvgIpc) is 2.83. The van der Waals surface area contributed by atoms with Crippen LogP contribution in [0.3, 0.4) is 0 Å². The predicted octanol–water partition coefficient (Wildman–Crippen LogP) is 1.81. The number of aromatic nitrogens is 2. The Kier molecular flexibility index (Phi) is 7.47. The fourth-order valence-electron chi connectivity index (χ4n) is 3.64. The van der Waals surface area contributed by atoms with Gasteiger partial charge in [0, 0.05) is 39.1 Å². The predicted molar refractivity (Wildman–Crippen MR) is 122 cm³/mol. The summed E-state index contributed by atoms with van der Waals surface area (Å²) in [7, 11) is 0. The van der Waals surface area contributed by atoms with E-state index in [0.717, 1.165) is 44.2 Å². The Morgan fingerprint density at radius 1 is 1.09 bits per heavy atom. The van der Waals surface area contributed by atoms with Crippen molar-refractivity contribution in [3.63, 3.8) is 0 Å². The van der Waals surface area contributed by atoms with E-state index < -0.39 is 0 Å². The van der Waals surface area contributed by atoms with Gasteiger partial charge in [-0.3, -0.25) is 19.1 Å². The molecular weight excluding hydrogens is 408 g/mol. The third-order valence-electron chi connectivity index (χ3n) is 5.48. The van der Waals surface area contributed by atoms with Crippen LogP contribution in [0.25, 0.3) is 10.9 Å². The van der Waals surface area contributed by atoms with Gasteiger partial charge in [0.15, 0.2) is 0 Å². The van der Waals surface area contributed by atoms with Crippen LogP contribution in [0.4, 0.5) is 0 Å². The van der Waals surface area contributed by atoms with Crippen molar-refractivity contribution in [1.29, 1.82) is 0 Å². The Morgan fingerprint density at radius 3 is 2.81 bits per heavy atom. The van der Waals surface area contributed by atoms with E-state index in [0.29, 0.717) is 24.1 Å². The maximum atomic E-state index is 12.5. The number of benzene rings is 2. The highest BCUT2D eigenvalue weighted by molar-refractivity contribution is 5.77. The first-order valence-corrected chi connectivity index (χ1v) is 10.9. The van der Waals surface area contributed by atoms with Gasteiger partial charge in [0.2, 0.25) is 5.91 Å². The number of amides is 1. The summed E-state index contributed by atoms with van der Waals surface area (Å²) < 4.78 is 12.7. The Morgan fingerprint density at radius 2 is 1.94 bits per heavy atom. The van der Waals surface area contributed by atoms with Gasteiger partial charge < -0.3 is 14.8 Å². The molecule has 32 heavy (non-hydrogen) atoms. The molecule has 0 saturated carbocycles. The van der Waals surface area contributed by atoms with Crippen molar-refractivity contribution < 1.29 is 14.3 Å². The van der Waals surface area contributed by atoms with E-state index in [1.165, 1.54) is 10.9 Å². The standard InChI is InChI=1S/C24H28N4O4/c29-23(8-9-28-18-26-22-7-2-1-6-21(22)24(28)30)25-17-19-4-3-5-20(16-19)32-15-12-27-10-13-31-14-11-27/h1-7,16,18H,8-15,17H2,(H,25,29). The molecule has 2 aromatic carbocycles. The van der Waals surface area contributed by atoms with Gasteiger partial charge in [-0.1, -0.05) is 24.3 Å². The Balaban J connectivity index is 1.23. The van der Waals surface area contributed by atoms with Crippen LogP contribution in [-0.2, 0) is 22.6 Å². The minimum absolute atomic E-state index is 0.122. The lowest BCUT2D eigenvalue weighted by atomic mass is 10.2. The minimum Gasteiger partial charge on any atom is -0.492 e. The van der Waals surface area contributed by atoms with Crippen LogP contribution in [0.15, 0.2) is 59.7 Å². The third-order valence-corrected chi connectivity index (χ3v) is 5.48. The lowest BCUT2D eigenvalue weighted by Gasteiger charge is -2.26. The molecule has 0 radical (unpaired) electrons. The fourth-order valence-corrected chi connectivity index (χ4v) is 3.64. The molecule has 3 aromatic rings. The van der Waals surface area contributed by atoms with Gasteiger partial charge in [-0.2, -0.15) is 0 Å². The van der Waals surface area contributed by atoms with E-state index in [2.05, 4.69) is 15.2 Å². The molecule has 1 aliphatic heterocycles. The smallest absolute Gasteiger partial charge is 0.261 e. The molecule has 1 aromatic heterocycles. The molecule has 8 heteroatoms. The number of fused-ring (bicyclic) bond motifs is 1. The number of carbonyl (C=O) groups is 1. The number of ether oxygens (including phenoxy) is 2. The lowest BCUT2D eigenvalue weighted by Crippen LogP contribution is -2.38. The molecule has 0 atom stereocenters. The van der Waals surface area contributed by atoms with Crippen molar-refractivity contribution in [2.75, 3.05) is 39.5 Å². The van der Waals surface area contributed by atoms with E-state index in [9.17, 15) is 9.59 Å². The Bertz CT molecular complexity index is 1110. The molecule has 0 spiro atoms. The van der Waals surface area contributed by atoms with Crippen LogP contribution in [0.1, 0.15) is 12.0 Å². The molecule has 4 rings (SSSR count). The number of nitrogens with one attached hydrogen (secondary N) is 1. The molecule has 168 valence electrons. The van der Waals surface area contributed by atoms with Crippen molar-refractivity contribution in [3.05, 3.63) is 70.8 Å². The molecule has 2 heterocycles. The largest absolute Gasteiger partial charge is 0.492 e. The summed E-state index contributed by atoms with van der Waals surface area (Å²) in [5.74, 6) is 0.669. The van der Waals surface area contributed by atoms with Crippen LogP contribution in [-0.4, -0.2) is 59.8 Å². The second-order valence-corrected chi connectivity index (χ2v) is 7.74. The zero-order chi connectivity index (χ0) is 22.2. The topological polar surface area (TPSA) is 85.7 Å². The van der Waals surface area contributed by atoms with Crippen LogP contribution < -0.4 is 15.6 Å². The average molecular weight is 437 g/mol. The Hall–Kier alpha value is -3.23. The van der Waals surface area contributed by atoms with Crippen molar-refractivity contribution >= 4 is 16.8 Å². The molecule has 1 aliphatic rings. The second kappa shape index (κ2) is 10.9. The number of morpholine rings is 1. The van der Waals surface area contributed by atoms with Gasteiger partial charge >= 0.3 is 0 Å². The monoisotopic (exact) mass is 436 g/mol.